The third-order valence-corrected chi connectivity index (χ3v) is 4.15. The maximum absolute atomic E-state index is 9.61. The number of hydrogen-bond donors (Lipinski definition) is 3. The summed E-state index contributed by atoms with van der Waals surface area (Å²) in [6, 6.07) is 6.57. The highest BCUT2D eigenvalue weighted by Crippen LogP contribution is 2.19. The quantitative estimate of drug-likeness (QED) is 0.369. The van der Waals surface area contributed by atoms with Crippen LogP contribution in [0, 0.1) is 6.92 Å². The second-order valence-electron chi connectivity index (χ2n) is 6.20. The Bertz CT molecular complexity index is 529. The fourth-order valence-electron chi connectivity index (χ4n) is 2.94. The topological polar surface area (TPSA) is 65.9 Å². The highest BCUT2D eigenvalue weighted by Gasteiger charge is 2.19. The number of nitrogens with zero attached hydrogens (tertiary/aromatic N) is 1. The van der Waals surface area contributed by atoms with Gasteiger partial charge in [0, 0.05) is 12.6 Å². The lowest BCUT2D eigenvalue weighted by molar-refractivity contribution is 0.120. The molecule has 6 heteroatoms. The Morgan fingerprint density at radius 2 is 1.96 bits per heavy atom. The van der Waals surface area contributed by atoms with Crippen molar-refractivity contribution in [2.45, 2.75) is 58.2 Å². The van der Waals surface area contributed by atoms with Crippen LogP contribution in [0.4, 0.5) is 0 Å². The molecule has 0 spiro atoms. The molecule has 3 N–H and O–H groups in total. The van der Waals surface area contributed by atoms with E-state index in [1.165, 1.54) is 5.56 Å². The summed E-state index contributed by atoms with van der Waals surface area (Å²) in [5, 5.41) is 16.4. The number of methoxy groups -OCH3 is 1. The summed E-state index contributed by atoms with van der Waals surface area (Å²) in [6.45, 7) is 5.57. The highest BCUT2D eigenvalue weighted by atomic mass is 127. The first kappa shape index (κ1) is 21.0. The number of nitrogens with one attached hydrogen (secondary N) is 2. The van der Waals surface area contributed by atoms with Gasteiger partial charge in [0.15, 0.2) is 5.96 Å². The zero-order valence-electron chi connectivity index (χ0n) is 14.8. The molecule has 1 fully saturated rings. The monoisotopic (exact) mass is 447 g/mol. The fraction of sp³-hybridized carbons (Fsp3) is 0.611. The van der Waals surface area contributed by atoms with E-state index in [9.17, 15) is 5.11 Å². The third kappa shape index (κ3) is 6.84. The second-order valence-corrected chi connectivity index (χ2v) is 6.20. The standard InChI is InChI=1S/C18H29N3O2.HI/c1-4-19-18(21-15-5-7-16(22)8-6-15)20-12-14-9-13(2)10-17(11-14)23-3;/h9-11,15-16,22H,4-8,12H2,1-3H3,(H2,19,20,21);1H. The molecular formula is C18H30IN3O2. The summed E-state index contributed by atoms with van der Waals surface area (Å²) in [5.74, 6) is 1.71. The molecule has 24 heavy (non-hydrogen) atoms. The minimum Gasteiger partial charge on any atom is -0.497 e. The first-order chi connectivity index (χ1) is 11.1. The summed E-state index contributed by atoms with van der Waals surface area (Å²) in [6.07, 6.45) is 3.58. The van der Waals surface area contributed by atoms with Crippen LogP contribution >= 0.6 is 24.0 Å². The average molecular weight is 447 g/mol. The average Bonchev–Trinajstić information content (AvgIpc) is 2.54. The second kappa shape index (κ2) is 10.8. The molecule has 1 aromatic carbocycles. The molecule has 1 aliphatic carbocycles. The number of rotatable bonds is 5. The van der Waals surface area contributed by atoms with E-state index >= 15 is 0 Å². The molecular weight excluding hydrogens is 417 g/mol. The van der Waals surface area contributed by atoms with Gasteiger partial charge in [-0.3, -0.25) is 0 Å². The molecule has 0 aromatic heterocycles. The molecule has 1 aromatic rings. The number of benzene rings is 1. The zero-order chi connectivity index (χ0) is 16.7. The first-order valence-corrected chi connectivity index (χ1v) is 8.48. The van der Waals surface area contributed by atoms with Gasteiger partial charge in [0.05, 0.1) is 19.8 Å². The largest absolute Gasteiger partial charge is 0.497 e. The maximum atomic E-state index is 9.61. The van der Waals surface area contributed by atoms with Crippen molar-refractivity contribution in [2.24, 2.45) is 4.99 Å². The van der Waals surface area contributed by atoms with E-state index in [0.717, 1.165) is 49.5 Å². The Hall–Kier alpha value is -1.02. The van der Waals surface area contributed by atoms with E-state index in [-0.39, 0.29) is 30.1 Å². The van der Waals surface area contributed by atoms with Gasteiger partial charge in [0.25, 0.3) is 0 Å². The number of guanidine groups is 1. The van der Waals surface area contributed by atoms with Crippen molar-refractivity contribution in [1.29, 1.82) is 0 Å². The van der Waals surface area contributed by atoms with Crippen LogP contribution in [0.1, 0.15) is 43.7 Å². The minimum atomic E-state index is -0.132. The highest BCUT2D eigenvalue weighted by molar-refractivity contribution is 14.0. The third-order valence-electron chi connectivity index (χ3n) is 4.15. The molecule has 1 aliphatic rings. The lowest BCUT2D eigenvalue weighted by atomic mass is 9.93. The van der Waals surface area contributed by atoms with Crippen LogP contribution in [0.3, 0.4) is 0 Å². The lowest BCUT2D eigenvalue weighted by Gasteiger charge is -2.27. The van der Waals surface area contributed by atoms with Crippen LogP contribution in [0.25, 0.3) is 0 Å². The van der Waals surface area contributed by atoms with Gasteiger partial charge in [-0.2, -0.15) is 0 Å². The van der Waals surface area contributed by atoms with E-state index in [4.69, 9.17) is 4.74 Å². The van der Waals surface area contributed by atoms with Crippen LogP contribution in [-0.2, 0) is 6.54 Å². The van der Waals surface area contributed by atoms with Crippen molar-refractivity contribution in [3.8, 4) is 5.75 Å². The number of hydrogen-bond acceptors (Lipinski definition) is 3. The van der Waals surface area contributed by atoms with E-state index in [1.54, 1.807) is 7.11 Å². The van der Waals surface area contributed by atoms with Crippen LogP contribution in [0.2, 0.25) is 0 Å². The molecule has 0 aliphatic heterocycles. The van der Waals surface area contributed by atoms with E-state index in [0.29, 0.717) is 12.6 Å². The van der Waals surface area contributed by atoms with Crippen LogP contribution in [0.5, 0.6) is 5.75 Å². The van der Waals surface area contributed by atoms with Crippen molar-refractivity contribution in [2.75, 3.05) is 13.7 Å². The van der Waals surface area contributed by atoms with Crippen molar-refractivity contribution in [3.05, 3.63) is 29.3 Å². The molecule has 0 atom stereocenters. The first-order valence-electron chi connectivity index (χ1n) is 8.48. The predicted octanol–water partition coefficient (Wildman–Crippen LogP) is 2.98. The normalized spacial score (nSPS) is 20.9. The summed E-state index contributed by atoms with van der Waals surface area (Å²) in [7, 11) is 1.69. The smallest absolute Gasteiger partial charge is 0.191 e. The summed E-state index contributed by atoms with van der Waals surface area (Å²) in [5.41, 5.74) is 2.31. The van der Waals surface area contributed by atoms with Crippen LogP contribution in [-0.4, -0.2) is 36.9 Å². The summed E-state index contributed by atoms with van der Waals surface area (Å²) >= 11 is 0. The number of aliphatic hydroxyl groups excluding tert-OH is 1. The Morgan fingerprint density at radius 3 is 2.58 bits per heavy atom. The van der Waals surface area contributed by atoms with Crippen molar-refractivity contribution < 1.29 is 9.84 Å². The summed E-state index contributed by atoms with van der Waals surface area (Å²) < 4.78 is 5.32. The Labute approximate surface area is 162 Å². The zero-order valence-corrected chi connectivity index (χ0v) is 17.2. The molecule has 0 bridgehead atoms. The lowest BCUT2D eigenvalue weighted by Crippen LogP contribution is -2.45. The van der Waals surface area contributed by atoms with Gasteiger partial charge in [0.1, 0.15) is 5.75 Å². The maximum Gasteiger partial charge on any atom is 0.191 e. The Balaban J connectivity index is 0.00000288. The van der Waals surface area contributed by atoms with Gasteiger partial charge in [-0.1, -0.05) is 6.07 Å². The molecule has 0 saturated heterocycles. The summed E-state index contributed by atoms with van der Waals surface area (Å²) in [4.78, 5) is 4.69. The van der Waals surface area contributed by atoms with E-state index < -0.39 is 0 Å². The van der Waals surface area contributed by atoms with Gasteiger partial charge in [-0.15, -0.1) is 24.0 Å². The Morgan fingerprint density at radius 1 is 1.25 bits per heavy atom. The number of aryl methyl sites for hydroxylation is 1. The molecule has 0 amide bonds. The number of ether oxygens (including phenoxy) is 1. The Kier molecular flexibility index (Phi) is 9.43. The molecule has 0 unspecified atom stereocenters. The van der Waals surface area contributed by atoms with Gasteiger partial charge in [-0.05, 0) is 62.8 Å². The van der Waals surface area contributed by atoms with Crippen molar-refractivity contribution in [3.63, 3.8) is 0 Å². The molecule has 5 nitrogen and oxygen atoms in total. The van der Waals surface area contributed by atoms with E-state index in [1.807, 2.05) is 12.1 Å². The minimum absolute atomic E-state index is 0. The van der Waals surface area contributed by atoms with Crippen molar-refractivity contribution >= 4 is 29.9 Å². The number of aliphatic imine (C=N–C) groups is 1. The van der Waals surface area contributed by atoms with Crippen LogP contribution < -0.4 is 15.4 Å². The van der Waals surface area contributed by atoms with Crippen LogP contribution in [0.15, 0.2) is 23.2 Å². The molecule has 136 valence electrons. The number of aliphatic hydroxyl groups is 1. The van der Waals surface area contributed by atoms with E-state index in [2.05, 4.69) is 35.5 Å². The molecule has 1 saturated carbocycles. The molecule has 2 rings (SSSR count). The van der Waals surface area contributed by atoms with Gasteiger partial charge >= 0.3 is 0 Å². The number of halogens is 1. The van der Waals surface area contributed by atoms with Crippen molar-refractivity contribution in [1.82, 2.24) is 10.6 Å². The van der Waals surface area contributed by atoms with Gasteiger partial charge in [-0.25, -0.2) is 4.99 Å². The van der Waals surface area contributed by atoms with Gasteiger partial charge < -0.3 is 20.5 Å². The predicted molar refractivity (Wildman–Crippen MR) is 109 cm³/mol. The molecule has 0 radical (unpaired) electrons. The fourth-order valence-corrected chi connectivity index (χ4v) is 2.94. The van der Waals surface area contributed by atoms with Gasteiger partial charge in [0.2, 0.25) is 0 Å². The molecule has 0 heterocycles. The SMILES string of the molecule is CCNC(=NCc1cc(C)cc(OC)c1)NC1CCC(O)CC1.I.